The zero-order valence-electron chi connectivity index (χ0n) is 13.3. The Morgan fingerprint density at radius 2 is 2.00 bits per heavy atom. The molecule has 1 saturated carbocycles. The lowest BCUT2D eigenvalue weighted by atomic mass is 9.91. The van der Waals surface area contributed by atoms with Crippen molar-refractivity contribution in [2.24, 2.45) is 7.05 Å². The van der Waals surface area contributed by atoms with Gasteiger partial charge < -0.3 is 4.52 Å². The topological polar surface area (TPSA) is 56.7 Å². The second-order valence-corrected chi connectivity index (χ2v) is 6.26. The van der Waals surface area contributed by atoms with E-state index in [-0.39, 0.29) is 11.2 Å². The molecule has 23 heavy (non-hydrogen) atoms. The molecule has 3 aromatic rings. The Hall–Kier alpha value is -2.50. The van der Waals surface area contributed by atoms with Crippen LogP contribution in [-0.2, 0) is 12.5 Å². The predicted molar refractivity (Wildman–Crippen MR) is 82.4 cm³/mol. The number of nitrogens with zero attached hydrogens (tertiary/aromatic N) is 4. The Labute approximate surface area is 133 Å². The molecule has 0 spiro atoms. The number of rotatable bonds is 3. The summed E-state index contributed by atoms with van der Waals surface area (Å²) in [5.74, 6) is 0.787. The average Bonchev–Trinajstić information content (AvgIpc) is 3.04. The molecule has 0 aliphatic heterocycles. The maximum absolute atomic E-state index is 13.7. The van der Waals surface area contributed by atoms with Gasteiger partial charge in [0.15, 0.2) is 11.5 Å². The van der Waals surface area contributed by atoms with Crippen LogP contribution in [0.25, 0.3) is 11.6 Å². The Bertz CT molecular complexity index is 872. The van der Waals surface area contributed by atoms with Crippen molar-refractivity contribution < 1.29 is 8.91 Å². The molecule has 0 radical (unpaired) electrons. The number of hydrogen-bond donors (Lipinski definition) is 0. The molecule has 118 valence electrons. The van der Waals surface area contributed by atoms with Crippen LogP contribution in [0.5, 0.6) is 0 Å². The van der Waals surface area contributed by atoms with Crippen molar-refractivity contribution in [3.63, 3.8) is 0 Å². The summed E-state index contributed by atoms with van der Waals surface area (Å²) in [6, 6.07) is 6.77. The van der Waals surface area contributed by atoms with E-state index in [1.54, 1.807) is 16.8 Å². The van der Waals surface area contributed by atoms with Crippen LogP contribution in [0, 0.1) is 19.7 Å². The van der Waals surface area contributed by atoms with Crippen LogP contribution in [0.3, 0.4) is 0 Å². The maximum Gasteiger partial charge on any atom is 0.278 e. The fourth-order valence-electron chi connectivity index (χ4n) is 3.04. The van der Waals surface area contributed by atoms with Gasteiger partial charge in [-0.05, 0) is 56.0 Å². The van der Waals surface area contributed by atoms with E-state index < -0.39 is 0 Å². The Balaban J connectivity index is 1.75. The summed E-state index contributed by atoms with van der Waals surface area (Å²) in [4.78, 5) is 4.54. The summed E-state index contributed by atoms with van der Waals surface area (Å²) in [6.45, 7) is 3.95. The van der Waals surface area contributed by atoms with E-state index in [1.807, 2.05) is 27.0 Å². The first-order valence-corrected chi connectivity index (χ1v) is 7.61. The predicted octanol–water partition coefficient (Wildman–Crippen LogP) is 3.31. The van der Waals surface area contributed by atoms with Crippen LogP contribution in [-0.4, -0.2) is 19.9 Å². The SMILES string of the molecule is Cc1ccc(F)cc1C1(c2noc(-c3cc(C)n(C)n3)n2)CC1. The Morgan fingerprint density at radius 3 is 2.65 bits per heavy atom. The van der Waals surface area contributed by atoms with Gasteiger partial charge >= 0.3 is 0 Å². The lowest BCUT2D eigenvalue weighted by Gasteiger charge is -2.14. The first-order chi connectivity index (χ1) is 11.0. The number of benzene rings is 1. The van der Waals surface area contributed by atoms with Gasteiger partial charge in [-0.3, -0.25) is 4.68 Å². The molecule has 5 nitrogen and oxygen atoms in total. The van der Waals surface area contributed by atoms with E-state index in [0.717, 1.165) is 29.7 Å². The molecule has 0 saturated heterocycles. The standard InChI is InChI=1S/C17H17FN4O/c1-10-4-5-12(18)9-13(10)17(6-7-17)16-19-15(23-21-16)14-8-11(2)22(3)20-14/h4-5,8-9H,6-7H2,1-3H3. The zero-order chi connectivity index (χ0) is 16.2. The molecule has 1 fully saturated rings. The molecule has 0 unspecified atom stereocenters. The zero-order valence-corrected chi connectivity index (χ0v) is 13.3. The summed E-state index contributed by atoms with van der Waals surface area (Å²) in [7, 11) is 1.87. The molecular weight excluding hydrogens is 295 g/mol. The molecule has 2 aromatic heterocycles. The minimum Gasteiger partial charge on any atom is -0.332 e. The van der Waals surface area contributed by atoms with Crippen LogP contribution in [0.1, 0.15) is 35.5 Å². The van der Waals surface area contributed by atoms with Crippen molar-refractivity contribution in [2.75, 3.05) is 0 Å². The maximum atomic E-state index is 13.7. The first kappa shape index (κ1) is 14.1. The molecule has 0 bridgehead atoms. The van der Waals surface area contributed by atoms with Gasteiger partial charge in [-0.15, -0.1) is 0 Å². The molecule has 4 rings (SSSR count). The van der Waals surface area contributed by atoms with Crippen LogP contribution >= 0.6 is 0 Å². The molecule has 1 aromatic carbocycles. The highest BCUT2D eigenvalue weighted by molar-refractivity contribution is 5.49. The van der Waals surface area contributed by atoms with Crippen LogP contribution in [0.4, 0.5) is 4.39 Å². The molecule has 2 heterocycles. The van der Waals surface area contributed by atoms with Gasteiger partial charge in [0.25, 0.3) is 5.89 Å². The van der Waals surface area contributed by atoms with Gasteiger partial charge in [0, 0.05) is 12.7 Å². The number of aryl methyl sites for hydroxylation is 3. The minimum absolute atomic E-state index is 0.235. The first-order valence-electron chi connectivity index (χ1n) is 7.61. The molecular formula is C17H17FN4O. The number of hydrogen-bond acceptors (Lipinski definition) is 4. The largest absolute Gasteiger partial charge is 0.332 e. The lowest BCUT2D eigenvalue weighted by molar-refractivity contribution is 0.416. The third kappa shape index (κ3) is 2.17. The summed E-state index contributed by atoms with van der Waals surface area (Å²) < 4.78 is 20.8. The van der Waals surface area contributed by atoms with Gasteiger partial charge in [0.2, 0.25) is 0 Å². The van der Waals surface area contributed by atoms with Gasteiger partial charge in [0.1, 0.15) is 5.82 Å². The minimum atomic E-state index is -0.322. The quantitative estimate of drug-likeness (QED) is 0.744. The second-order valence-electron chi connectivity index (χ2n) is 6.26. The number of aromatic nitrogens is 4. The third-order valence-corrected chi connectivity index (χ3v) is 4.65. The normalized spacial score (nSPS) is 15.8. The highest BCUT2D eigenvalue weighted by atomic mass is 19.1. The van der Waals surface area contributed by atoms with Crippen LogP contribution in [0.2, 0.25) is 0 Å². The van der Waals surface area contributed by atoms with Gasteiger partial charge in [0.05, 0.1) is 5.41 Å². The Morgan fingerprint density at radius 1 is 1.22 bits per heavy atom. The molecule has 1 aliphatic rings. The van der Waals surface area contributed by atoms with E-state index in [0.29, 0.717) is 17.4 Å². The fourth-order valence-corrected chi connectivity index (χ4v) is 3.04. The highest BCUT2D eigenvalue weighted by Crippen LogP contribution is 2.53. The molecule has 0 N–H and O–H groups in total. The van der Waals surface area contributed by atoms with Gasteiger partial charge in [-0.25, -0.2) is 4.39 Å². The van der Waals surface area contributed by atoms with E-state index in [1.165, 1.54) is 6.07 Å². The molecule has 1 aliphatic carbocycles. The van der Waals surface area contributed by atoms with Gasteiger partial charge in [-0.1, -0.05) is 11.2 Å². The second kappa shape index (κ2) is 4.75. The van der Waals surface area contributed by atoms with Crippen molar-refractivity contribution in [3.05, 3.63) is 52.7 Å². The van der Waals surface area contributed by atoms with Crippen molar-refractivity contribution in [1.29, 1.82) is 0 Å². The smallest absolute Gasteiger partial charge is 0.278 e. The van der Waals surface area contributed by atoms with E-state index in [9.17, 15) is 4.39 Å². The third-order valence-electron chi connectivity index (χ3n) is 4.65. The molecule has 0 amide bonds. The summed E-state index contributed by atoms with van der Waals surface area (Å²) >= 11 is 0. The fraction of sp³-hybridized carbons (Fsp3) is 0.353. The monoisotopic (exact) mass is 312 g/mol. The summed E-state index contributed by atoms with van der Waals surface area (Å²) in [5, 5.41) is 8.52. The van der Waals surface area contributed by atoms with Crippen molar-refractivity contribution in [2.45, 2.75) is 32.1 Å². The van der Waals surface area contributed by atoms with Crippen LogP contribution in [0.15, 0.2) is 28.8 Å². The highest BCUT2D eigenvalue weighted by Gasteiger charge is 2.51. The van der Waals surface area contributed by atoms with Crippen molar-refractivity contribution >= 4 is 0 Å². The van der Waals surface area contributed by atoms with Crippen molar-refractivity contribution in [3.8, 4) is 11.6 Å². The number of halogens is 1. The summed E-state index contributed by atoms with van der Waals surface area (Å²) in [5.41, 5.74) is 3.35. The summed E-state index contributed by atoms with van der Waals surface area (Å²) in [6.07, 6.45) is 1.80. The van der Waals surface area contributed by atoms with Crippen LogP contribution < -0.4 is 0 Å². The van der Waals surface area contributed by atoms with E-state index >= 15 is 0 Å². The molecule has 0 atom stereocenters. The Kier molecular flexibility index (Phi) is 2.91. The van der Waals surface area contributed by atoms with Crippen molar-refractivity contribution in [1.82, 2.24) is 19.9 Å². The van der Waals surface area contributed by atoms with Gasteiger partial charge in [-0.2, -0.15) is 10.1 Å². The average molecular weight is 312 g/mol. The molecule has 6 heteroatoms. The lowest BCUT2D eigenvalue weighted by Crippen LogP contribution is -2.13. The van der Waals surface area contributed by atoms with E-state index in [2.05, 4.69) is 15.2 Å². The van der Waals surface area contributed by atoms with E-state index in [4.69, 9.17) is 4.52 Å².